The summed E-state index contributed by atoms with van der Waals surface area (Å²) in [6, 6.07) is 14.7. The average molecular weight is 348 g/mol. The molecule has 2 aromatic rings. The number of amides is 1. The average Bonchev–Trinajstić information content (AvgIpc) is 2.78. The fraction of sp³-hybridized carbons (Fsp3) is 0.0500. The Labute approximate surface area is 150 Å². The fourth-order valence-electron chi connectivity index (χ4n) is 2.81. The standard InChI is InChI=1S/C20H14ClN3O/c21-17-10-4-3-9-16(17)20(25)23-19-15-8-2-1-7-14(15)13-24-12-6-5-11-18(24)22-19/h1-12H,13H2. The minimum atomic E-state index is -0.400. The van der Waals surface area contributed by atoms with Gasteiger partial charge >= 0.3 is 0 Å². The molecule has 2 aromatic carbocycles. The highest BCUT2D eigenvalue weighted by Crippen LogP contribution is 2.22. The van der Waals surface area contributed by atoms with Crippen molar-refractivity contribution in [3.8, 4) is 0 Å². The predicted molar refractivity (Wildman–Crippen MR) is 100 cm³/mol. The van der Waals surface area contributed by atoms with Crippen molar-refractivity contribution < 1.29 is 4.79 Å². The van der Waals surface area contributed by atoms with E-state index in [1.807, 2.05) is 53.6 Å². The highest BCUT2D eigenvalue weighted by atomic mass is 35.5. The first kappa shape index (κ1) is 15.5. The summed E-state index contributed by atoms with van der Waals surface area (Å²) in [6.45, 7) is 0.676. The van der Waals surface area contributed by atoms with Crippen LogP contribution in [0.3, 0.4) is 0 Å². The number of hydrogen-bond donors (Lipinski definition) is 0. The molecule has 1 amide bonds. The van der Waals surface area contributed by atoms with Gasteiger partial charge in [-0.1, -0.05) is 54.1 Å². The van der Waals surface area contributed by atoms with Crippen LogP contribution in [0.4, 0.5) is 0 Å². The maximum Gasteiger partial charge on any atom is 0.280 e. The molecule has 122 valence electrons. The molecule has 0 fully saturated rings. The lowest BCUT2D eigenvalue weighted by atomic mass is 10.1. The van der Waals surface area contributed by atoms with E-state index in [1.54, 1.807) is 24.3 Å². The Morgan fingerprint density at radius 1 is 1.08 bits per heavy atom. The van der Waals surface area contributed by atoms with Crippen LogP contribution in [0.1, 0.15) is 21.5 Å². The molecule has 0 saturated heterocycles. The lowest BCUT2D eigenvalue weighted by molar-refractivity contribution is 0.100. The van der Waals surface area contributed by atoms with Gasteiger partial charge in [0.1, 0.15) is 5.84 Å². The summed E-state index contributed by atoms with van der Waals surface area (Å²) in [5.41, 5.74) is 2.29. The highest BCUT2D eigenvalue weighted by Gasteiger charge is 2.21. The first-order valence-corrected chi connectivity index (χ1v) is 8.26. The summed E-state index contributed by atoms with van der Waals surface area (Å²) >= 11 is 6.13. The number of benzene rings is 2. The summed E-state index contributed by atoms with van der Waals surface area (Å²) in [4.78, 5) is 23.6. The minimum absolute atomic E-state index is 0.370. The molecule has 0 atom stereocenters. The van der Waals surface area contributed by atoms with Crippen molar-refractivity contribution in [1.82, 2.24) is 4.90 Å². The second kappa shape index (κ2) is 6.49. The van der Waals surface area contributed by atoms with Crippen LogP contribution in [-0.4, -0.2) is 22.5 Å². The first-order valence-electron chi connectivity index (χ1n) is 7.88. The molecule has 0 radical (unpaired) electrons. The zero-order chi connectivity index (χ0) is 17.2. The van der Waals surface area contributed by atoms with Crippen LogP contribution in [0.5, 0.6) is 0 Å². The Morgan fingerprint density at radius 2 is 1.88 bits per heavy atom. The Balaban J connectivity index is 1.84. The van der Waals surface area contributed by atoms with Gasteiger partial charge < -0.3 is 4.90 Å². The van der Waals surface area contributed by atoms with Crippen LogP contribution < -0.4 is 0 Å². The van der Waals surface area contributed by atoms with Crippen molar-refractivity contribution in [2.45, 2.75) is 6.54 Å². The third-order valence-electron chi connectivity index (χ3n) is 4.05. The van der Waals surface area contributed by atoms with E-state index in [-0.39, 0.29) is 0 Å². The third kappa shape index (κ3) is 3.04. The fourth-order valence-corrected chi connectivity index (χ4v) is 3.02. The predicted octanol–water partition coefficient (Wildman–Crippen LogP) is 4.22. The molecule has 0 N–H and O–H groups in total. The Kier molecular flexibility index (Phi) is 4.04. The van der Waals surface area contributed by atoms with Crippen LogP contribution in [0.25, 0.3) is 0 Å². The van der Waals surface area contributed by atoms with Crippen LogP contribution in [0.2, 0.25) is 5.02 Å². The molecule has 25 heavy (non-hydrogen) atoms. The van der Waals surface area contributed by atoms with Gasteiger partial charge in [-0.15, -0.1) is 0 Å². The molecule has 0 aromatic heterocycles. The van der Waals surface area contributed by atoms with E-state index in [9.17, 15) is 4.79 Å². The molecule has 2 heterocycles. The van der Waals surface area contributed by atoms with E-state index in [1.165, 1.54) is 0 Å². The Bertz CT molecular complexity index is 972. The van der Waals surface area contributed by atoms with Gasteiger partial charge in [-0.25, -0.2) is 4.99 Å². The van der Waals surface area contributed by atoms with Crippen LogP contribution in [0.15, 0.2) is 82.9 Å². The largest absolute Gasteiger partial charge is 0.329 e. The Hall–Kier alpha value is -2.98. The molecule has 0 saturated carbocycles. The maximum absolute atomic E-state index is 12.6. The SMILES string of the molecule is O=C(N=C1N=C2C=CC=CN2Cc2ccccc21)c1ccccc1Cl. The molecule has 0 unspecified atom stereocenters. The quantitative estimate of drug-likeness (QED) is 0.775. The second-order valence-electron chi connectivity index (χ2n) is 5.68. The van der Waals surface area contributed by atoms with E-state index >= 15 is 0 Å². The monoisotopic (exact) mass is 347 g/mol. The number of allylic oxidation sites excluding steroid dienone is 2. The maximum atomic E-state index is 12.6. The van der Waals surface area contributed by atoms with Crippen molar-refractivity contribution in [3.63, 3.8) is 0 Å². The van der Waals surface area contributed by atoms with Gasteiger partial charge in [0.25, 0.3) is 5.91 Å². The van der Waals surface area contributed by atoms with E-state index in [0.29, 0.717) is 23.0 Å². The number of amidine groups is 2. The molecule has 2 aliphatic heterocycles. The van der Waals surface area contributed by atoms with E-state index in [4.69, 9.17) is 11.6 Å². The van der Waals surface area contributed by atoms with Crippen molar-refractivity contribution in [1.29, 1.82) is 0 Å². The molecule has 0 aliphatic carbocycles. The number of carbonyl (C=O) groups is 1. The summed E-state index contributed by atoms with van der Waals surface area (Å²) in [6.07, 6.45) is 7.74. The van der Waals surface area contributed by atoms with Crippen LogP contribution in [0, 0.1) is 0 Å². The summed E-state index contributed by atoms with van der Waals surface area (Å²) in [5, 5.41) is 0.383. The summed E-state index contributed by atoms with van der Waals surface area (Å²) < 4.78 is 0. The normalized spacial score (nSPS) is 16.9. The zero-order valence-corrected chi connectivity index (χ0v) is 14.0. The van der Waals surface area contributed by atoms with Gasteiger partial charge in [0.15, 0.2) is 5.84 Å². The van der Waals surface area contributed by atoms with Crippen molar-refractivity contribution >= 4 is 29.2 Å². The van der Waals surface area contributed by atoms with Crippen molar-refractivity contribution in [3.05, 3.63) is 94.7 Å². The number of halogens is 1. The lowest BCUT2D eigenvalue weighted by Crippen LogP contribution is -2.24. The van der Waals surface area contributed by atoms with Crippen molar-refractivity contribution in [2.75, 3.05) is 0 Å². The molecule has 5 heteroatoms. The van der Waals surface area contributed by atoms with E-state index < -0.39 is 5.91 Å². The molecule has 4 nitrogen and oxygen atoms in total. The first-order chi connectivity index (χ1) is 12.2. The van der Waals surface area contributed by atoms with Gasteiger partial charge in [0.2, 0.25) is 0 Å². The lowest BCUT2D eigenvalue weighted by Gasteiger charge is -2.20. The second-order valence-corrected chi connectivity index (χ2v) is 6.08. The topological polar surface area (TPSA) is 45.0 Å². The van der Waals surface area contributed by atoms with Gasteiger partial charge in [-0.3, -0.25) is 4.79 Å². The molecular weight excluding hydrogens is 334 g/mol. The number of rotatable bonds is 1. The molecule has 0 spiro atoms. The van der Waals surface area contributed by atoms with Gasteiger partial charge in [-0.05, 0) is 29.8 Å². The summed E-state index contributed by atoms with van der Waals surface area (Å²) in [7, 11) is 0. The van der Waals surface area contributed by atoms with E-state index in [2.05, 4.69) is 9.98 Å². The van der Waals surface area contributed by atoms with Gasteiger partial charge in [-0.2, -0.15) is 4.99 Å². The van der Waals surface area contributed by atoms with Gasteiger partial charge in [0, 0.05) is 18.3 Å². The number of carbonyl (C=O) groups excluding carboxylic acids is 1. The Morgan fingerprint density at radius 3 is 2.76 bits per heavy atom. The summed E-state index contributed by atoms with van der Waals surface area (Å²) in [5.74, 6) is 0.755. The van der Waals surface area contributed by atoms with Crippen LogP contribution >= 0.6 is 11.6 Å². The number of hydrogen-bond acceptors (Lipinski definition) is 2. The minimum Gasteiger partial charge on any atom is -0.329 e. The molecule has 0 bridgehead atoms. The molecular formula is C20H14ClN3O. The number of fused-ring (bicyclic) bond motifs is 2. The number of aliphatic imine (C=N–C) groups is 2. The molecule has 2 aliphatic rings. The van der Waals surface area contributed by atoms with Crippen LogP contribution in [-0.2, 0) is 6.54 Å². The van der Waals surface area contributed by atoms with Gasteiger partial charge in [0.05, 0.1) is 10.6 Å². The molecule has 4 rings (SSSR count). The van der Waals surface area contributed by atoms with Crippen molar-refractivity contribution in [2.24, 2.45) is 9.98 Å². The third-order valence-corrected chi connectivity index (χ3v) is 4.38. The zero-order valence-electron chi connectivity index (χ0n) is 13.3. The van der Waals surface area contributed by atoms with E-state index in [0.717, 1.165) is 17.0 Å². The highest BCUT2D eigenvalue weighted by molar-refractivity contribution is 6.34. The number of nitrogens with zero attached hydrogens (tertiary/aromatic N) is 3. The smallest absolute Gasteiger partial charge is 0.280 e.